The number of aliphatic hydroxyl groups excluding tert-OH is 1. The van der Waals surface area contributed by atoms with Crippen LogP contribution < -0.4 is 5.32 Å². The van der Waals surface area contributed by atoms with E-state index in [1.807, 2.05) is 13.8 Å². The second kappa shape index (κ2) is 7.88. The zero-order valence-electron chi connectivity index (χ0n) is 10.5. The van der Waals surface area contributed by atoms with E-state index in [2.05, 4.69) is 17.2 Å². The topological polar surface area (TPSA) is 58.6 Å². The molecule has 0 radical (unpaired) electrons. The molecule has 1 atom stereocenters. The molecular formula is C13H17NO3S. The second-order valence-electron chi connectivity index (χ2n) is 3.69. The van der Waals surface area contributed by atoms with E-state index in [0.717, 1.165) is 4.88 Å². The van der Waals surface area contributed by atoms with E-state index in [4.69, 9.17) is 9.84 Å². The van der Waals surface area contributed by atoms with Crippen LogP contribution in [0.4, 0.5) is 0 Å². The summed E-state index contributed by atoms with van der Waals surface area (Å²) in [4.78, 5) is 12.6. The van der Waals surface area contributed by atoms with Gasteiger partial charge in [-0.15, -0.1) is 11.3 Å². The van der Waals surface area contributed by atoms with Crippen LogP contribution in [0.25, 0.3) is 0 Å². The van der Waals surface area contributed by atoms with E-state index in [9.17, 15) is 4.79 Å². The molecule has 1 amide bonds. The van der Waals surface area contributed by atoms with Crippen molar-refractivity contribution in [2.24, 2.45) is 0 Å². The molecule has 0 aliphatic heterocycles. The lowest BCUT2D eigenvalue weighted by atomic mass is 10.2. The molecule has 0 saturated carbocycles. The fourth-order valence-corrected chi connectivity index (χ4v) is 2.05. The number of carbonyl (C=O) groups is 1. The third kappa shape index (κ3) is 4.88. The minimum atomic E-state index is -0.176. The van der Waals surface area contributed by atoms with Crippen molar-refractivity contribution in [3.8, 4) is 11.8 Å². The van der Waals surface area contributed by atoms with Gasteiger partial charge in [0, 0.05) is 18.0 Å². The smallest absolute Gasteiger partial charge is 0.252 e. The Balaban J connectivity index is 2.53. The monoisotopic (exact) mass is 267 g/mol. The van der Waals surface area contributed by atoms with Crippen LogP contribution in [0.5, 0.6) is 0 Å². The average Bonchev–Trinajstić information content (AvgIpc) is 2.82. The Morgan fingerprint density at radius 3 is 3.11 bits per heavy atom. The lowest BCUT2D eigenvalue weighted by Gasteiger charge is -2.12. The summed E-state index contributed by atoms with van der Waals surface area (Å²) < 4.78 is 5.23. The summed E-state index contributed by atoms with van der Waals surface area (Å²) in [5, 5.41) is 13.2. The number of rotatable bonds is 5. The van der Waals surface area contributed by atoms with Gasteiger partial charge in [0.2, 0.25) is 0 Å². The predicted molar refractivity (Wildman–Crippen MR) is 71.7 cm³/mol. The molecule has 1 aromatic heterocycles. The van der Waals surface area contributed by atoms with Crippen molar-refractivity contribution in [1.82, 2.24) is 5.32 Å². The van der Waals surface area contributed by atoms with Gasteiger partial charge in [-0.1, -0.05) is 11.8 Å². The number of hydrogen-bond acceptors (Lipinski definition) is 4. The number of thiophene rings is 1. The van der Waals surface area contributed by atoms with E-state index >= 15 is 0 Å². The minimum Gasteiger partial charge on any atom is -0.384 e. The summed E-state index contributed by atoms with van der Waals surface area (Å²) >= 11 is 1.39. The fraction of sp³-hybridized carbons (Fsp3) is 0.462. The number of ether oxygens (including phenoxy) is 1. The normalized spacial score (nSPS) is 11.5. The molecular weight excluding hydrogens is 250 g/mol. The highest BCUT2D eigenvalue weighted by atomic mass is 32.1. The standard InChI is InChI=1S/C13H17NO3S/c1-3-17-8-10(2)14-13(16)11-7-12(18-9-11)5-4-6-15/h7,9-10,15H,3,6,8H2,1-2H3,(H,14,16). The van der Waals surface area contributed by atoms with Gasteiger partial charge in [0.05, 0.1) is 17.0 Å². The van der Waals surface area contributed by atoms with Gasteiger partial charge in [0.15, 0.2) is 0 Å². The van der Waals surface area contributed by atoms with Crippen molar-refractivity contribution in [1.29, 1.82) is 0 Å². The van der Waals surface area contributed by atoms with Gasteiger partial charge in [-0.3, -0.25) is 4.79 Å². The van der Waals surface area contributed by atoms with Crippen LogP contribution in [-0.2, 0) is 4.74 Å². The third-order valence-electron chi connectivity index (χ3n) is 2.10. The van der Waals surface area contributed by atoms with Gasteiger partial charge < -0.3 is 15.2 Å². The first-order chi connectivity index (χ1) is 8.67. The van der Waals surface area contributed by atoms with Crippen molar-refractivity contribution >= 4 is 17.2 Å². The highest BCUT2D eigenvalue weighted by Crippen LogP contribution is 2.13. The molecule has 2 N–H and O–H groups in total. The van der Waals surface area contributed by atoms with E-state index in [0.29, 0.717) is 18.8 Å². The van der Waals surface area contributed by atoms with Gasteiger partial charge >= 0.3 is 0 Å². The minimum absolute atomic E-state index is 0.0238. The van der Waals surface area contributed by atoms with Gasteiger partial charge in [-0.25, -0.2) is 0 Å². The highest BCUT2D eigenvalue weighted by Gasteiger charge is 2.11. The molecule has 5 heteroatoms. The number of carbonyl (C=O) groups excluding carboxylic acids is 1. The summed E-state index contributed by atoms with van der Waals surface area (Å²) in [7, 11) is 0. The molecule has 1 rings (SSSR count). The molecule has 0 aliphatic rings. The summed E-state index contributed by atoms with van der Waals surface area (Å²) in [6, 6.07) is 1.69. The Morgan fingerprint density at radius 2 is 2.44 bits per heavy atom. The van der Waals surface area contributed by atoms with Crippen LogP contribution in [0, 0.1) is 11.8 Å². The third-order valence-corrected chi connectivity index (χ3v) is 2.95. The first kappa shape index (κ1) is 14.7. The van der Waals surface area contributed by atoms with Crippen LogP contribution in [0.3, 0.4) is 0 Å². The second-order valence-corrected chi connectivity index (χ2v) is 4.60. The molecule has 4 nitrogen and oxygen atoms in total. The Labute approximate surface area is 111 Å². The highest BCUT2D eigenvalue weighted by molar-refractivity contribution is 7.10. The Hall–Kier alpha value is -1.35. The van der Waals surface area contributed by atoms with Crippen LogP contribution in [0.15, 0.2) is 11.4 Å². The maximum Gasteiger partial charge on any atom is 0.252 e. The van der Waals surface area contributed by atoms with Gasteiger partial charge in [0.25, 0.3) is 5.91 Å². The number of hydrogen-bond donors (Lipinski definition) is 2. The lowest BCUT2D eigenvalue weighted by Crippen LogP contribution is -2.35. The Kier molecular flexibility index (Phi) is 6.44. The maximum absolute atomic E-state index is 11.8. The summed E-state index contributed by atoms with van der Waals surface area (Å²) in [6.07, 6.45) is 0. The predicted octanol–water partition coefficient (Wildman–Crippen LogP) is 1.25. The van der Waals surface area contributed by atoms with Crippen LogP contribution in [-0.4, -0.2) is 36.9 Å². The fourth-order valence-electron chi connectivity index (χ4n) is 1.29. The van der Waals surface area contributed by atoms with Crippen molar-refractivity contribution < 1.29 is 14.6 Å². The lowest BCUT2D eigenvalue weighted by molar-refractivity contribution is 0.0872. The zero-order chi connectivity index (χ0) is 13.4. The van der Waals surface area contributed by atoms with E-state index in [1.54, 1.807) is 11.4 Å². The first-order valence-corrected chi connectivity index (χ1v) is 6.62. The van der Waals surface area contributed by atoms with Gasteiger partial charge in [-0.2, -0.15) is 0 Å². The summed E-state index contributed by atoms with van der Waals surface area (Å²) in [5.41, 5.74) is 0.589. The molecule has 1 aromatic rings. The molecule has 0 aromatic carbocycles. The maximum atomic E-state index is 11.8. The van der Waals surface area contributed by atoms with Crippen LogP contribution in [0.2, 0.25) is 0 Å². The molecule has 18 heavy (non-hydrogen) atoms. The van der Waals surface area contributed by atoms with Crippen LogP contribution in [0.1, 0.15) is 29.1 Å². The number of amides is 1. The molecule has 0 aliphatic carbocycles. The number of aliphatic hydroxyl groups is 1. The summed E-state index contributed by atoms with van der Waals surface area (Å²) in [6.45, 7) is 4.78. The molecule has 0 spiro atoms. The van der Waals surface area contributed by atoms with Gasteiger partial charge in [-0.05, 0) is 19.9 Å². The first-order valence-electron chi connectivity index (χ1n) is 5.74. The van der Waals surface area contributed by atoms with Gasteiger partial charge in [0.1, 0.15) is 6.61 Å². The summed E-state index contributed by atoms with van der Waals surface area (Å²) in [5.74, 6) is 5.19. The molecule has 0 saturated heterocycles. The van der Waals surface area contributed by atoms with Crippen molar-refractivity contribution in [2.45, 2.75) is 19.9 Å². The number of nitrogens with one attached hydrogen (secondary N) is 1. The SMILES string of the molecule is CCOCC(C)NC(=O)c1csc(C#CCO)c1. The van der Waals surface area contributed by atoms with Crippen molar-refractivity contribution in [2.75, 3.05) is 19.8 Å². The van der Waals surface area contributed by atoms with E-state index in [-0.39, 0.29) is 18.6 Å². The largest absolute Gasteiger partial charge is 0.384 e. The quantitative estimate of drug-likeness (QED) is 0.789. The average molecular weight is 267 g/mol. The van der Waals surface area contributed by atoms with Crippen LogP contribution >= 0.6 is 11.3 Å². The Bertz CT molecular complexity index is 445. The molecule has 1 heterocycles. The van der Waals surface area contributed by atoms with E-state index < -0.39 is 0 Å². The van der Waals surface area contributed by atoms with E-state index in [1.165, 1.54) is 11.3 Å². The molecule has 1 unspecified atom stereocenters. The Morgan fingerprint density at radius 1 is 1.67 bits per heavy atom. The molecule has 0 bridgehead atoms. The molecule has 98 valence electrons. The molecule has 0 fully saturated rings. The van der Waals surface area contributed by atoms with Crippen molar-refractivity contribution in [3.05, 3.63) is 21.9 Å². The van der Waals surface area contributed by atoms with Crippen molar-refractivity contribution in [3.63, 3.8) is 0 Å². The zero-order valence-corrected chi connectivity index (χ0v) is 11.3.